The average molecular weight is 400 g/mol. The van der Waals surface area contributed by atoms with Gasteiger partial charge < -0.3 is 30.0 Å². The van der Waals surface area contributed by atoms with Gasteiger partial charge >= 0.3 is 0 Å². The first-order valence-electron chi connectivity index (χ1n) is 9.20. The van der Waals surface area contributed by atoms with E-state index < -0.39 is 18.6 Å². The summed E-state index contributed by atoms with van der Waals surface area (Å²) in [6.45, 7) is -0.433. The van der Waals surface area contributed by atoms with E-state index in [0.717, 1.165) is 5.56 Å². The van der Waals surface area contributed by atoms with Crippen molar-refractivity contribution in [3.05, 3.63) is 53.6 Å². The summed E-state index contributed by atoms with van der Waals surface area (Å²) in [5.74, 6) is 0.878. The Morgan fingerprint density at radius 1 is 1.17 bits per heavy atom. The number of aliphatic hydroxyl groups is 1. The SMILES string of the molecule is COc1cc2c(cc1OC)OC(CNC(=O)[C@H](NC(=O)CO)c1ccccc1)C2. The van der Waals surface area contributed by atoms with Crippen LogP contribution in [0.2, 0.25) is 0 Å². The fourth-order valence-corrected chi connectivity index (χ4v) is 3.22. The highest BCUT2D eigenvalue weighted by molar-refractivity contribution is 5.89. The van der Waals surface area contributed by atoms with Crippen molar-refractivity contribution in [2.45, 2.75) is 18.6 Å². The second-order valence-corrected chi connectivity index (χ2v) is 6.57. The van der Waals surface area contributed by atoms with Crippen molar-refractivity contribution < 1.29 is 28.9 Å². The van der Waals surface area contributed by atoms with Gasteiger partial charge in [0.1, 0.15) is 24.5 Å². The number of fused-ring (bicyclic) bond motifs is 1. The number of aliphatic hydroxyl groups excluding tert-OH is 1. The van der Waals surface area contributed by atoms with Gasteiger partial charge in [-0.05, 0) is 11.6 Å². The number of ether oxygens (including phenoxy) is 3. The van der Waals surface area contributed by atoms with Gasteiger partial charge in [-0.15, -0.1) is 0 Å². The summed E-state index contributed by atoms with van der Waals surface area (Å²) in [5, 5.41) is 14.4. The molecule has 8 nitrogen and oxygen atoms in total. The molecule has 0 bridgehead atoms. The van der Waals surface area contributed by atoms with E-state index in [4.69, 9.17) is 19.3 Å². The molecule has 0 saturated carbocycles. The molecule has 2 aromatic rings. The molecule has 1 heterocycles. The molecular formula is C21H24N2O6. The van der Waals surface area contributed by atoms with Crippen molar-refractivity contribution in [2.24, 2.45) is 0 Å². The Morgan fingerprint density at radius 2 is 1.86 bits per heavy atom. The van der Waals surface area contributed by atoms with Crippen LogP contribution in [0.4, 0.5) is 0 Å². The van der Waals surface area contributed by atoms with Crippen molar-refractivity contribution in [3.63, 3.8) is 0 Å². The monoisotopic (exact) mass is 400 g/mol. The second-order valence-electron chi connectivity index (χ2n) is 6.57. The van der Waals surface area contributed by atoms with Gasteiger partial charge in [0, 0.05) is 18.1 Å². The Labute approximate surface area is 168 Å². The molecule has 3 rings (SSSR count). The third-order valence-electron chi connectivity index (χ3n) is 4.66. The quantitative estimate of drug-likeness (QED) is 0.610. The molecule has 29 heavy (non-hydrogen) atoms. The Bertz CT molecular complexity index is 838. The Balaban J connectivity index is 1.65. The Hall–Kier alpha value is -3.26. The standard InChI is InChI=1S/C21H24N2O6/c1-27-17-9-14-8-15(29-16(14)10-18(17)28-2)11-22-21(26)20(23-19(25)12-24)13-6-4-3-5-7-13/h3-7,9-10,15,20,24H,8,11-12H2,1-2H3,(H,22,26)(H,23,25)/t15?,20-/m1/s1. The zero-order valence-corrected chi connectivity index (χ0v) is 16.3. The largest absolute Gasteiger partial charge is 0.493 e. The molecular weight excluding hydrogens is 376 g/mol. The van der Waals surface area contributed by atoms with Crippen molar-refractivity contribution in [1.82, 2.24) is 10.6 Å². The zero-order valence-electron chi connectivity index (χ0n) is 16.3. The first kappa shape index (κ1) is 20.5. The molecule has 0 radical (unpaired) electrons. The lowest BCUT2D eigenvalue weighted by molar-refractivity contribution is -0.130. The fraction of sp³-hybridized carbons (Fsp3) is 0.333. The molecule has 1 unspecified atom stereocenters. The molecule has 0 aliphatic carbocycles. The molecule has 1 aliphatic heterocycles. The number of rotatable bonds is 8. The van der Waals surface area contributed by atoms with Gasteiger partial charge in [0.05, 0.1) is 20.8 Å². The number of hydrogen-bond acceptors (Lipinski definition) is 6. The molecule has 154 valence electrons. The van der Waals surface area contributed by atoms with Crippen LogP contribution in [0.5, 0.6) is 17.2 Å². The summed E-state index contributed by atoms with van der Waals surface area (Å²) in [5.41, 5.74) is 1.59. The van der Waals surface area contributed by atoms with Crippen LogP contribution in [-0.2, 0) is 16.0 Å². The minimum Gasteiger partial charge on any atom is -0.493 e. The van der Waals surface area contributed by atoms with Gasteiger partial charge in [-0.1, -0.05) is 30.3 Å². The molecule has 3 N–H and O–H groups in total. The normalized spacial score (nSPS) is 15.6. The summed E-state index contributed by atoms with van der Waals surface area (Å²) >= 11 is 0. The van der Waals surface area contributed by atoms with Crippen LogP contribution in [0.15, 0.2) is 42.5 Å². The number of carbonyl (C=O) groups is 2. The van der Waals surface area contributed by atoms with Gasteiger partial charge in [0.25, 0.3) is 0 Å². The first-order valence-corrected chi connectivity index (χ1v) is 9.20. The van der Waals surface area contributed by atoms with Crippen LogP contribution < -0.4 is 24.8 Å². The van der Waals surface area contributed by atoms with Crippen molar-refractivity contribution in [3.8, 4) is 17.2 Å². The third kappa shape index (κ3) is 4.78. The van der Waals surface area contributed by atoms with Crippen LogP contribution in [0, 0.1) is 0 Å². The highest BCUT2D eigenvalue weighted by Gasteiger charge is 2.28. The fourth-order valence-electron chi connectivity index (χ4n) is 3.22. The molecule has 2 aromatic carbocycles. The molecule has 0 spiro atoms. The number of nitrogens with one attached hydrogen (secondary N) is 2. The number of benzene rings is 2. The van der Waals surface area contributed by atoms with Gasteiger partial charge in [0.15, 0.2) is 11.5 Å². The molecule has 2 atom stereocenters. The summed E-state index contributed by atoms with van der Waals surface area (Å²) in [6.07, 6.45) is 0.352. The summed E-state index contributed by atoms with van der Waals surface area (Å²) in [4.78, 5) is 24.4. The van der Waals surface area contributed by atoms with E-state index in [-0.39, 0.29) is 18.6 Å². The maximum atomic E-state index is 12.7. The lowest BCUT2D eigenvalue weighted by atomic mass is 10.1. The van der Waals surface area contributed by atoms with Gasteiger partial charge in [-0.2, -0.15) is 0 Å². The molecule has 1 aliphatic rings. The lowest BCUT2D eigenvalue weighted by Gasteiger charge is -2.20. The van der Waals surface area contributed by atoms with E-state index >= 15 is 0 Å². The number of carbonyl (C=O) groups excluding carboxylic acids is 2. The highest BCUT2D eigenvalue weighted by atomic mass is 16.5. The topological polar surface area (TPSA) is 106 Å². The molecule has 0 aromatic heterocycles. The minimum absolute atomic E-state index is 0.254. The predicted octanol–water partition coefficient (Wildman–Crippen LogP) is 0.973. The van der Waals surface area contributed by atoms with Crippen LogP contribution in [0.3, 0.4) is 0 Å². The van der Waals surface area contributed by atoms with Crippen LogP contribution in [0.25, 0.3) is 0 Å². The minimum atomic E-state index is -0.903. The highest BCUT2D eigenvalue weighted by Crippen LogP contribution is 2.38. The third-order valence-corrected chi connectivity index (χ3v) is 4.66. The predicted molar refractivity (Wildman–Crippen MR) is 105 cm³/mol. The number of methoxy groups -OCH3 is 2. The van der Waals surface area contributed by atoms with E-state index in [9.17, 15) is 9.59 Å². The lowest BCUT2D eigenvalue weighted by Crippen LogP contribution is -2.44. The maximum absolute atomic E-state index is 12.7. The van der Waals surface area contributed by atoms with Crippen LogP contribution >= 0.6 is 0 Å². The molecule has 2 amide bonds. The van der Waals surface area contributed by atoms with Gasteiger partial charge in [-0.3, -0.25) is 9.59 Å². The molecule has 0 saturated heterocycles. The van der Waals surface area contributed by atoms with E-state index in [0.29, 0.717) is 29.2 Å². The van der Waals surface area contributed by atoms with Crippen molar-refractivity contribution in [1.29, 1.82) is 0 Å². The van der Waals surface area contributed by atoms with Gasteiger partial charge in [0.2, 0.25) is 11.8 Å². The second kappa shape index (κ2) is 9.29. The number of amides is 2. The zero-order chi connectivity index (χ0) is 20.8. The Morgan fingerprint density at radius 3 is 2.52 bits per heavy atom. The summed E-state index contributed by atoms with van der Waals surface area (Å²) in [7, 11) is 3.13. The Kier molecular flexibility index (Phi) is 6.56. The van der Waals surface area contributed by atoms with E-state index in [1.165, 1.54) is 0 Å². The maximum Gasteiger partial charge on any atom is 0.247 e. The first-order chi connectivity index (χ1) is 14.0. The average Bonchev–Trinajstić information content (AvgIpc) is 3.16. The number of hydrogen-bond donors (Lipinski definition) is 3. The van der Waals surface area contributed by atoms with Crippen molar-refractivity contribution >= 4 is 11.8 Å². The van der Waals surface area contributed by atoms with Crippen LogP contribution in [-0.4, -0.2) is 50.4 Å². The molecule has 8 heteroatoms. The van der Waals surface area contributed by atoms with E-state index in [2.05, 4.69) is 10.6 Å². The van der Waals surface area contributed by atoms with Crippen molar-refractivity contribution in [2.75, 3.05) is 27.4 Å². The van der Waals surface area contributed by atoms with Crippen LogP contribution in [0.1, 0.15) is 17.2 Å². The van der Waals surface area contributed by atoms with Gasteiger partial charge in [-0.25, -0.2) is 0 Å². The smallest absolute Gasteiger partial charge is 0.247 e. The molecule has 0 fully saturated rings. The summed E-state index contributed by atoms with van der Waals surface area (Å²) in [6, 6.07) is 11.6. The van der Waals surface area contributed by atoms with E-state index in [1.807, 2.05) is 12.1 Å². The summed E-state index contributed by atoms with van der Waals surface area (Å²) < 4.78 is 16.5. The van der Waals surface area contributed by atoms with E-state index in [1.54, 1.807) is 44.6 Å².